The van der Waals surface area contributed by atoms with Gasteiger partial charge in [-0.05, 0) is 47.9 Å². The van der Waals surface area contributed by atoms with Crippen LogP contribution in [0, 0.1) is 15.9 Å². The highest BCUT2D eigenvalue weighted by Crippen LogP contribution is 2.34. The summed E-state index contributed by atoms with van der Waals surface area (Å²) in [7, 11) is 1.54. The molecule has 1 aromatic heterocycles. The smallest absolute Gasteiger partial charge is 0.287 e. The predicted octanol–water partition coefficient (Wildman–Crippen LogP) is 4.89. The third-order valence-electron chi connectivity index (χ3n) is 4.39. The van der Waals surface area contributed by atoms with Crippen LogP contribution < -0.4 is 14.9 Å². The lowest BCUT2D eigenvalue weighted by molar-refractivity contribution is -0.385. The molecule has 0 aliphatic carbocycles. The van der Waals surface area contributed by atoms with Gasteiger partial charge in [0.15, 0.2) is 11.5 Å². The highest BCUT2D eigenvalue weighted by molar-refractivity contribution is 5.82. The zero-order chi connectivity index (χ0) is 22.9. The van der Waals surface area contributed by atoms with E-state index >= 15 is 0 Å². The number of aromatic nitrogens is 1. The van der Waals surface area contributed by atoms with Crippen LogP contribution in [0.2, 0.25) is 0 Å². The van der Waals surface area contributed by atoms with Gasteiger partial charge in [-0.2, -0.15) is 5.10 Å². The quantitative estimate of drug-likeness (QED) is 0.210. The Labute approximate surface area is 184 Å². The summed E-state index contributed by atoms with van der Waals surface area (Å²) >= 11 is 0. The molecule has 0 saturated heterocycles. The first-order valence-electron chi connectivity index (χ1n) is 9.58. The second-order valence-electron chi connectivity index (χ2n) is 6.65. The van der Waals surface area contributed by atoms with Crippen molar-refractivity contribution >= 4 is 17.7 Å². The van der Waals surface area contributed by atoms with Crippen LogP contribution in [0.4, 0.5) is 15.9 Å². The summed E-state index contributed by atoms with van der Waals surface area (Å²) in [6.07, 6.45) is 5.01. The van der Waals surface area contributed by atoms with Gasteiger partial charge < -0.3 is 9.47 Å². The monoisotopic (exact) mass is 436 g/mol. The van der Waals surface area contributed by atoms with Gasteiger partial charge in [0.1, 0.15) is 24.4 Å². The van der Waals surface area contributed by atoms with E-state index in [0.29, 0.717) is 23.7 Å². The lowest BCUT2D eigenvalue weighted by Crippen LogP contribution is -2.03. The molecule has 0 aliphatic heterocycles. The van der Waals surface area contributed by atoms with E-state index in [1.54, 1.807) is 30.5 Å². The maximum Gasteiger partial charge on any atom is 0.287 e. The Morgan fingerprint density at radius 3 is 2.66 bits per heavy atom. The Hall–Kier alpha value is -4.27. The number of hydrogen-bond acceptors (Lipinski definition) is 7. The summed E-state index contributed by atoms with van der Waals surface area (Å²) in [5.41, 5.74) is 5.03. The molecule has 0 aliphatic rings. The van der Waals surface area contributed by atoms with Crippen molar-refractivity contribution in [3.05, 3.63) is 100 Å². The van der Waals surface area contributed by atoms with E-state index in [-0.39, 0.29) is 18.1 Å². The highest BCUT2D eigenvalue weighted by atomic mass is 19.1. The van der Waals surface area contributed by atoms with Gasteiger partial charge >= 0.3 is 0 Å². The molecule has 0 bridgehead atoms. The van der Waals surface area contributed by atoms with E-state index in [2.05, 4.69) is 22.1 Å². The molecule has 0 atom stereocenters. The highest BCUT2D eigenvalue weighted by Gasteiger charge is 2.13. The van der Waals surface area contributed by atoms with Crippen molar-refractivity contribution in [1.29, 1.82) is 0 Å². The number of benzene rings is 2. The molecule has 0 unspecified atom stereocenters. The summed E-state index contributed by atoms with van der Waals surface area (Å²) in [5.74, 6) is 1.14. The molecule has 0 saturated carbocycles. The maximum atomic E-state index is 13.1. The molecule has 0 fully saturated rings. The van der Waals surface area contributed by atoms with Crippen LogP contribution in [-0.2, 0) is 13.0 Å². The molecule has 32 heavy (non-hydrogen) atoms. The first-order valence-corrected chi connectivity index (χ1v) is 9.58. The van der Waals surface area contributed by atoms with Gasteiger partial charge in [-0.15, -0.1) is 6.58 Å². The molecule has 0 spiro atoms. The van der Waals surface area contributed by atoms with Crippen molar-refractivity contribution in [2.75, 3.05) is 12.5 Å². The largest absolute Gasteiger partial charge is 0.493 e. The van der Waals surface area contributed by atoms with Crippen LogP contribution >= 0.6 is 0 Å². The van der Waals surface area contributed by atoms with E-state index in [9.17, 15) is 14.5 Å². The van der Waals surface area contributed by atoms with E-state index in [1.807, 2.05) is 6.07 Å². The zero-order valence-electron chi connectivity index (χ0n) is 17.3. The number of nitro groups is 1. The summed E-state index contributed by atoms with van der Waals surface area (Å²) in [5, 5.41) is 14.8. The molecule has 1 N–H and O–H groups in total. The summed E-state index contributed by atoms with van der Waals surface area (Å²) < 4.78 is 24.6. The minimum atomic E-state index is -0.521. The number of ether oxygens (including phenoxy) is 2. The van der Waals surface area contributed by atoms with Gasteiger partial charge in [0.2, 0.25) is 0 Å². The lowest BCUT2D eigenvalue weighted by atomic mass is 10.1. The normalized spacial score (nSPS) is 10.7. The molecular weight excluding hydrogens is 415 g/mol. The molecular formula is C23H21FN4O4. The summed E-state index contributed by atoms with van der Waals surface area (Å²) in [6, 6.07) is 12.5. The molecule has 164 valence electrons. The van der Waals surface area contributed by atoms with Crippen LogP contribution in [0.1, 0.15) is 16.7 Å². The number of nitrogens with zero attached hydrogens (tertiary/aromatic N) is 3. The number of halogens is 1. The van der Waals surface area contributed by atoms with Crippen molar-refractivity contribution in [3.63, 3.8) is 0 Å². The Morgan fingerprint density at radius 1 is 1.25 bits per heavy atom. The van der Waals surface area contributed by atoms with Gasteiger partial charge in [-0.1, -0.05) is 18.2 Å². The minimum Gasteiger partial charge on any atom is -0.493 e. The van der Waals surface area contributed by atoms with E-state index < -0.39 is 4.92 Å². The van der Waals surface area contributed by atoms with Crippen LogP contribution in [-0.4, -0.2) is 23.2 Å². The third kappa shape index (κ3) is 5.88. The van der Waals surface area contributed by atoms with Gasteiger partial charge in [0.05, 0.1) is 18.2 Å². The van der Waals surface area contributed by atoms with E-state index in [4.69, 9.17) is 9.47 Å². The molecule has 0 radical (unpaired) electrons. The first kappa shape index (κ1) is 22.4. The first-order chi connectivity index (χ1) is 15.5. The third-order valence-corrected chi connectivity index (χ3v) is 4.39. The Bertz CT molecular complexity index is 1120. The van der Waals surface area contributed by atoms with Gasteiger partial charge in [-0.25, -0.2) is 9.37 Å². The standard InChI is InChI=1S/C23H21FN4O4/c1-3-4-18-11-17(13-26-27-22-10-9-20(14-25-22)28(29)30)12-21(31-2)23(18)32-15-16-5-7-19(24)8-6-16/h3,5-14H,1,4,15H2,2H3,(H,25,27)/b26-13+. The molecule has 3 rings (SSSR count). The van der Waals surface area contributed by atoms with Gasteiger partial charge in [0, 0.05) is 11.6 Å². The van der Waals surface area contributed by atoms with Crippen molar-refractivity contribution in [2.24, 2.45) is 5.10 Å². The van der Waals surface area contributed by atoms with Crippen molar-refractivity contribution < 1.29 is 18.8 Å². The topological polar surface area (TPSA) is 98.9 Å². The van der Waals surface area contributed by atoms with Crippen LogP contribution in [0.15, 0.2) is 72.5 Å². The van der Waals surface area contributed by atoms with Gasteiger partial charge in [-0.3, -0.25) is 15.5 Å². The van der Waals surface area contributed by atoms with Crippen LogP contribution in [0.25, 0.3) is 0 Å². The molecule has 1 heterocycles. The SMILES string of the molecule is C=CCc1cc(/C=N/Nc2ccc([N+](=O)[O-])cn2)cc(OC)c1OCc1ccc(F)cc1. The summed E-state index contributed by atoms with van der Waals surface area (Å²) in [4.78, 5) is 14.1. The second-order valence-corrected chi connectivity index (χ2v) is 6.65. The molecule has 9 heteroatoms. The number of rotatable bonds is 10. The fourth-order valence-corrected chi connectivity index (χ4v) is 2.85. The number of hydrogen-bond donors (Lipinski definition) is 1. The molecule has 3 aromatic rings. The molecule has 2 aromatic carbocycles. The lowest BCUT2D eigenvalue weighted by Gasteiger charge is -2.16. The van der Waals surface area contributed by atoms with Crippen molar-refractivity contribution in [3.8, 4) is 11.5 Å². The average molecular weight is 436 g/mol. The fraction of sp³-hybridized carbons (Fsp3) is 0.130. The zero-order valence-corrected chi connectivity index (χ0v) is 17.3. The van der Waals surface area contributed by atoms with Crippen LogP contribution in [0.5, 0.6) is 11.5 Å². The predicted molar refractivity (Wildman–Crippen MR) is 120 cm³/mol. The van der Waals surface area contributed by atoms with Crippen molar-refractivity contribution in [1.82, 2.24) is 4.98 Å². The number of allylic oxidation sites excluding steroid dienone is 1. The Morgan fingerprint density at radius 2 is 2.03 bits per heavy atom. The van der Waals surface area contributed by atoms with Crippen molar-refractivity contribution in [2.45, 2.75) is 13.0 Å². The molecule has 0 amide bonds. The van der Waals surface area contributed by atoms with E-state index in [1.165, 1.54) is 31.4 Å². The molecule has 8 nitrogen and oxygen atoms in total. The maximum absolute atomic E-state index is 13.1. The number of methoxy groups -OCH3 is 1. The number of anilines is 1. The minimum absolute atomic E-state index is 0.102. The average Bonchev–Trinajstić information content (AvgIpc) is 2.79. The Kier molecular flexibility index (Phi) is 7.47. The fourth-order valence-electron chi connectivity index (χ4n) is 2.85. The number of pyridine rings is 1. The number of nitrogens with one attached hydrogen (secondary N) is 1. The summed E-state index contributed by atoms with van der Waals surface area (Å²) in [6.45, 7) is 4.04. The number of hydrazone groups is 1. The van der Waals surface area contributed by atoms with E-state index in [0.717, 1.165) is 22.9 Å². The van der Waals surface area contributed by atoms with Gasteiger partial charge in [0.25, 0.3) is 5.69 Å². The Balaban J connectivity index is 1.77. The van der Waals surface area contributed by atoms with Crippen LogP contribution in [0.3, 0.4) is 0 Å². The second kappa shape index (κ2) is 10.7.